The van der Waals surface area contributed by atoms with E-state index in [-0.39, 0.29) is 25.2 Å². The molecule has 0 aromatic heterocycles. The van der Waals surface area contributed by atoms with Crippen LogP contribution in [0.4, 0.5) is 4.79 Å². The second kappa shape index (κ2) is 19.9. The third-order valence-electron chi connectivity index (χ3n) is 9.27. The Kier molecular flexibility index (Phi) is 16.8. The molecule has 3 atom stereocenters. The zero-order valence-corrected chi connectivity index (χ0v) is 37.1. The summed E-state index contributed by atoms with van der Waals surface area (Å²) in [4.78, 5) is 109. The van der Waals surface area contributed by atoms with Gasteiger partial charge in [-0.1, -0.05) is 71.0 Å². The van der Waals surface area contributed by atoms with E-state index in [4.69, 9.17) is 9.47 Å². The van der Waals surface area contributed by atoms with Gasteiger partial charge in [-0.3, -0.25) is 43.4 Å². The van der Waals surface area contributed by atoms with Crippen molar-refractivity contribution in [2.24, 2.45) is 5.41 Å². The van der Waals surface area contributed by atoms with E-state index < -0.39 is 94.1 Å². The largest absolute Gasteiger partial charge is 0.460 e. The van der Waals surface area contributed by atoms with Gasteiger partial charge in [0.2, 0.25) is 23.6 Å². The summed E-state index contributed by atoms with van der Waals surface area (Å²) in [5, 5.41) is 8.02. The van der Waals surface area contributed by atoms with E-state index >= 15 is 0 Å². The van der Waals surface area contributed by atoms with Gasteiger partial charge in [0, 0.05) is 56.9 Å². The highest BCUT2D eigenvalue weighted by atomic mass is 16.6. The Labute approximate surface area is 348 Å². The summed E-state index contributed by atoms with van der Waals surface area (Å²) in [6.45, 7) is 20.3. The van der Waals surface area contributed by atoms with Crippen molar-refractivity contribution in [3.8, 4) is 0 Å². The maximum absolute atomic E-state index is 14.4. The van der Waals surface area contributed by atoms with Gasteiger partial charge in [0.1, 0.15) is 29.3 Å². The number of hydrogen-bond donors (Lipinski definition) is 3. The molecule has 0 spiro atoms. The molecule has 0 fully saturated rings. The minimum absolute atomic E-state index is 0.0772. The number of nitrogens with one attached hydrogen (secondary N) is 3. The third kappa shape index (κ3) is 15.0. The first-order valence-corrected chi connectivity index (χ1v) is 19.5. The summed E-state index contributed by atoms with van der Waals surface area (Å²) in [5.74, 6) is -4.30. The van der Waals surface area contributed by atoms with Crippen LogP contribution in [0.1, 0.15) is 95.1 Å². The molecule has 326 valence electrons. The molecule has 1 aromatic carbocycles. The maximum Gasteiger partial charge on any atom is 0.410 e. The summed E-state index contributed by atoms with van der Waals surface area (Å²) >= 11 is 0. The zero-order valence-electron chi connectivity index (χ0n) is 37.1. The van der Waals surface area contributed by atoms with E-state index in [1.54, 1.807) is 62.3 Å². The number of imide groups is 1. The van der Waals surface area contributed by atoms with Crippen LogP contribution in [0, 0.1) is 5.41 Å². The van der Waals surface area contributed by atoms with Gasteiger partial charge in [0.05, 0.1) is 6.42 Å². The van der Waals surface area contributed by atoms with E-state index in [9.17, 15) is 38.4 Å². The molecular weight excluding hydrogens is 761 g/mol. The fourth-order valence-electron chi connectivity index (χ4n) is 6.10. The smallest absolute Gasteiger partial charge is 0.410 e. The van der Waals surface area contributed by atoms with Gasteiger partial charge in [0.25, 0.3) is 11.8 Å². The van der Waals surface area contributed by atoms with E-state index in [1.165, 1.54) is 36.9 Å². The van der Waals surface area contributed by atoms with Gasteiger partial charge in [0.15, 0.2) is 0 Å². The van der Waals surface area contributed by atoms with Crippen LogP contribution < -0.4 is 16.0 Å². The Morgan fingerprint density at radius 2 is 1.32 bits per heavy atom. The minimum Gasteiger partial charge on any atom is -0.460 e. The molecule has 1 heterocycles. The number of ether oxygens (including phenoxy) is 2. The fraction of sp³-hybridized carbons (Fsp3) is 0.581. The highest BCUT2D eigenvalue weighted by Crippen LogP contribution is 2.32. The van der Waals surface area contributed by atoms with Crippen LogP contribution >= 0.6 is 0 Å². The van der Waals surface area contributed by atoms with Crippen LogP contribution in [0.25, 0.3) is 0 Å². The molecule has 7 amide bonds. The van der Waals surface area contributed by atoms with Gasteiger partial charge in [-0.2, -0.15) is 0 Å². The molecule has 0 saturated heterocycles. The van der Waals surface area contributed by atoms with Crippen molar-refractivity contribution in [2.45, 2.75) is 124 Å². The molecule has 2 rings (SSSR count). The van der Waals surface area contributed by atoms with Gasteiger partial charge in [-0.15, -0.1) is 0 Å². The summed E-state index contributed by atoms with van der Waals surface area (Å²) in [5.41, 5.74) is -2.55. The van der Waals surface area contributed by atoms with E-state index in [0.29, 0.717) is 0 Å². The Morgan fingerprint density at radius 3 is 1.83 bits per heavy atom. The molecule has 16 nitrogen and oxygen atoms in total. The van der Waals surface area contributed by atoms with Crippen LogP contribution in [0.3, 0.4) is 0 Å². The molecule has 0 bridgehead atoms. The number of carbonyl (C=O) groups excluding carboxylic acids is 8. The van der Waals surface area contributed by atoms with Gasteiger partial charge in [-0.25, -0.2) is 4.79 Å². The second-order valence-electron chi connectivity index (χ2n) is 18.3. The summed E-state index contributed by atoms with van der Waals surface area (Å²) < 4.78 is 11.0. The van der Waals surface area contributed by atoms with Crippen molar-refractivity contribution in [2.75, 3.05) is 33.7 Å². The van der Waals surface area contributed by atoms with Crippen LogP contribution in [0.15, 0.2) is 54.1 Å². The Hall–Kier alpha value is -5.54. The number of hydrogen-bond acceptors (Lipinski definition) is 10. The lowest BCUT2D eigenvalue weighted by Gasteiger charge is -2.42. The van der Waals surface area contributed by atoms with E-state index in [0.717, 1.165) is 22.6 Å². The van der Waals surface area contributed by atoms with Crippen molar-refractivity contribution >= 4 is 47.5 Å². The number of nitrogens with zero attached hydrogens (tertiary/aromatic N) is 3. The van der Waals surface area contributed by atoms with Crippen LogP contribution in [0.2, 0.25) is 0 Å². The maximum atomic E-state index is 14.4. The number of amides is 7. The van der Waals surface area contributed by atoms with Crippen LogP contribution in [-0.4, -0.2) is 125 Å². The Morgan fingerprint density at radius 1 is 0.780 bits per heavy atom. The summed E-state index contributed by atoms with van der Waals surface area (Å²) in [6, 6.07) is 5.68. The standard InChI is InChI=1S/C43H64N6O10/c1-27(35(53)45-29(26-32(52)58-41(5,6)7)36(54)44-23-25-49-30(50)20-21-31(49)51)22-24-47(13)38(56)33(40(2,3)4)46-37(55)34(48(14)39(57)59-42(8,9)10)43(11,12)28-18-16-15-17-19-28/h15-22,29,33-34H,23-26H2,1-14H3,(H,44,54)(H,45,53)(H,46,55)/b27-22+/t29-,33?,34+/m0/s1. The Balaban J connectivity index is 2.29. The molecule has 16 heteroatoms. The number of rotatable bonds is 16. The topological polar surface area (TPSA) is 201 Å². The first-order valence-electron chi connectivity index (χ1n) is 19.5. The fourth-order valence-corrected chi connectivity index (χ4v) is 6.10. The highest BCUT2D eigenvalue weighted by Gasteiger charge is 2.45. The SMILES string of the molecule is C/C(=C\CN(C)C(=O)C(NC(=O)[C@@H](N(C)C(=O)OC(C)(C)C)C(C)(C)c1ccccc1)C(C)(C)C)C(=O)N[C@@H](CC(=O)OC(C)(C)C)C(=O)NCCN1C(=O)C=CC1=O. The number of likely N-dealkylation sites (N-methyl/N-ethyl adjacent to an activating group) is 2. The molecule has 1 unspecified atom stereocenters. The lowest BCUT2D eigenvalue weighted by molar-refractivity contribution is -0.156. The second-order valence-corrected chi connectivity index (χ2v) is 18.3. The molecular formula is C43H64N6O10. The minimum atomic E-state index is -1.38. The van der Waals surface area contributed by atoms with Crippen molar-refractivity contribution in [3.63, 3.8) is 0 Å². The van der Waals surface area contributed by atoms with Gasteiger partial charge >= 0.3 is 12.1 Å². The first-order chi connectivity index (χ1) is 27.0. The third-order valence-corrected chi connectivity index (χ3v) is 9.27. The number of carbonyl (C=O) groups is 8. The lowest BCUT2D eigenvalue weighted by atomic mass is 9.76. The molecule has 59 heavy (non-hydrogen) atoms. The number of esters is 1. The van der Waals surface area contributed by atoms with Crippen molar-refractivity contribution in [3.05, 3.63) is 59.7 Å². The predicted molar refractivity (Wildman–Crippen MR) is 221 cm³/mol. The molecule has 0 saturated carbocycles. The summed E-state index contributed by atoms with van der Waals surface area (Å²) in [6.07, 6.45) is 2.47. The first kappa shape index (κ1) is 49.6. The quantitative estimate of drug-likeness (QED) is 0.126. The van der Waals surface area contributed by atoms with Crippen molar-refractivity contribution in [1.82, 2.24) is 30.7 Å². The lowest BCUT2D eigenvalue weighted by Crippen LogP contribution is -2.62. The normalized spacial score (nSPS) is 15.2. The average molecular weight is 825 g/mol. The highest BCUT2D eigenvalue weighted by molar-refractivity contribution is 6.12. The molecule has 1 aliphatic rings. The molecule has 3 N–H and O–H groups in total. The molecule has 0 radical (unpaired) electrons. The zero-order chi connectivity index (χ0) is 45.3. The van der Waals surface area contributed by atoms with Crippen molar-refractivity contribution in [1.29, 1.82) is 0 Å². The predicted octanol–water partition coefficient (Wildman–Crippen LogP) is 3.39. The van der Waals surface area contributed by atoms with E-state index in [2.05, 4.69) is 16.0 Å². The Bertz CT molecular complexity index is 1780. The van der Waals surface area contributed by atoms with Gasteiger partial charge < -0.3 is 30.3 Å². The van der Waals surface area contributed by atoms with Gasteiger partial charge in [-0.05, 0) is 59.4 Å². The van der Waals surface area contributed by atoms with Crippen LogP contribution in [0.5, 0.6) is 0 Å². The number of benzene rings is 1. The molecule has 1 aliphatic heterocycles. The molecule has 0 aliphatic carbocycles. The average Bonchev–Trinajstić information content (AvgIpc) is 3.42. The van der Waals surface area contributed by atoms with Crippen molar-refractivity contribution < 1.29 is 47.8 Å². The monoisotopic (exact) mass is 824 g/mol. The molecule has 1 aromatic rings. The van der Waals surface area contributed by atoms with E-state index in [1.807, 2.05) is 44.2 Å². The summed E-state index contributed by atoms with van der Waals surface area (Å²) in [7, 11) is 3.00. The van der Waals surface area contributed by atoms with Crippen LogP contribution in [-0.2, 0) is 48.5 Å².